The molecule has 0 aliphatic heterocycles. The van der Waals surface area contributed by atoms with Crippen LogP contribution in [0.2, 0.25) is 10.0 Å². The first-order valence-electron chi connectivity index (χ1n) is 5.33. The van der Waals surface area contributed by atoms with E-state index in [0.29, 0.717) is 10.0 Å². The molecular formula is C12H17Cl2N. The number of hydrogen-bond acceptors (Lipinski definition) is 1. The van der Waals surface area contributed by atoms with E-state index in [1.54, 1.807) is 6.07 Å². The fourth-order valence-electron chi connectivity index (χ4n) is 1.56. The molecule has 0 fully saturated rings. The van der Waals surface area contributed by atoms with E-state index in [1.165, 1.54) is 12.8 Å². The van der Waals surface area contributed by atoms with Crippen LogP contribution in [0, 0.1) is 0 Å². The molecule has 1 rings (SSSR count). The van der Waals surface area contributed by atoms with E-state index < -0.39 is 0 Å². The van der Waals surface area contributed by atoms with Crippen molar-refractivity contribution in [3.63, 3.8) is 0 Å². The molecule has 0 aliphatic rings. The van der Waals surface area contributed by atoms with Crippen molar-refractivity contribution < 1.29 is 0 Å². The summed E-state index contributed by atoms with van der Waals surface area (Å²) in [4.78, 5) is 0. The van der Waals surface area contributed by atoms with Crippen molar-refractivity contribution in [2.45, 2.75) is 38.6 Å². The molecule has 1 unspecified atom stereocenters. The summed E-state index contributed by atoms with van der Waals surface area (Å²) in [6, 6.07) is 5.88. The van der Waals surface area contributed by atoms with Gasteiger partial charge in [0.25, 0.3) is 0 Å². The zero-order valence-corrected chi connectivity index (χ0v) is 10.5. The summed E-state index contributed by atoms with van der Waals surface area (Å²) in [6.45, 7) is 2.17. The average molecular weight is 246 g/mol. The molecule has 0 aromatic heterocycles. The third-order valence-electron chi connectivity index (χ3n) is 2.44. The van der Waals surface area contributed by atoms with Crippen LogP contribution < -0.4 is 5.73 Å². The average Bonchev–Trinajstić information content (AvgIpc) is 2.22. The standard InChI is InChI=1S/C12H17Cl2N/c1-2-3-6-10(15)8-9-5-4-7-11(13)12(9)14/h4-5,7,10H,2-3,6,8,15H2,1H3. The van der Waals surface area contributed by atoms with Crippen molar-refractivity contribution >= 4 is 23.2 Å². The van der Waals surface area contributed by atoms with Crippen molar-refractivity contribution in [1.29, 1.82) is 0 Å². The van der Waals surface area contributed by atoms with Gasteiger partial charge < -0.3 is 5.73 Å². The Hall–Kier alpha value is -0.240. The van der Waals surface area contributed by atoms with Gasteiger partial charge in [-0.05, 0) is 24.5 Å². The van der Waals surface area contributed by atoms with Gasteiger partial charge in [-0.2, -0.15) is 0 Å². The van der Waals surface area contributed by atoms with E-state index in [0.717, 1.165) is 18.4 Å². The fraction of sp³-hybridized carbons (Fsp3) is 0.500. The number of nitrogens with two attached hydrogens (primary N) is 1. The van der Waals surface area contributed by atoms with Gasteiger partial charge in [0, 0.05) is 6.04 Å². The van der Waals surface area contributed by atoms with Gasteiger partial charge in [-0.15, -0.1) is 0 Å². The summed E-state index contributed by atoms with van der Waals surface area (Å²) in [5.74, 6) is 0. The normalized spacial score (nSPS) is 12.8. The Bertz CT molecular complexity index is 312. The largest absolute Gasteiger partial charge is 0.327 e. The molecule has 0 saturated heterocycles. The SMILES string of the molecule is CCCCC(N)Cc1cccc(Cl)c1Cl. The molecule has 1 aromatic rings. The number of halogens is 2. The van der Waals surface area contributed by atoms with E-state index in [1.807, 2.05) is 12.1 Å². The summed E-state index contributed by atoms with van der Waals surface area (Å²) in [6.07, 6.45) is 4.19. The Kier molecular flexibility index (Phi) is 5.44. The Morgan fingerprint density at radius 3 is 2.73 bits per heavy atom. The molecule has 0 amide bonds. The summed E-state index contributed by atoms with van der Waals surface area (Å²) in [7, 11) is 0. The van der Waals surface area contributed by atoms with Crippen LogP contribution >= 0.6 is 23.2 Å². The van der Waals surface area contributed by atoms with E-state index in [9.17, 15) is 0 Å². The summed E-state index contributed by atoms with van der Waals surface area (Å²) < 4.78 is 0. The van der Waals surface area contributed by atoms with Crippen LogP contribution in [-0.4, -0.2) is 6.04 Å². The molecule has 0 spiro atoms. The quantitative estimate of drug-likeness (QED) is 0.833. The maximum Gasteiger partial charge on any atom is 0.0624 e. The lowest BCUT2D eigenvalue weighted by Crippen LogP contribution is -2.22. The number of benzene rings is 1. The lowest BCUT2D eigenvalue weighted by molar-refractivity contribution is 0.574. The molecule has 15 heavy (non-hydrogen) atoms. The molecule has 1 atom stereocenters. The van der Waals surface area contributed by atoms with Gasteiger partial charge in [-0.25, -0.2) is 0 Å². The van der Waals surface area contributed by atoms with Gasteiger partial charge in [-0.1, -0.05) is 55.1 Å². The summed E-state index contributed by atoms with van der Waals surface area (Å²) in [5, 5.41) is 1.25. The maximum atomic E-state index is 6.08. The minimum absolute atomic E-state index is 0.181. The van der Waals surface area contributed by atoms with Crippen molar-refractivity contribution in [1.82, 2.24) is 0 Å². The van der Waals surface area contributed by atoms with E-state index >= 15 is 0 Å². The number of unbranched alkanes of at least 4 members (excludes halogenated alkanes) is 1. The molecule has 1 nitrogen and oxygen atoms in total. The Labute approximate surface area is 102 Å². The predicted molar refractivity (Wildman–Crippen MR) is 67.7 cm³/mol. The van der Waals surface area contributed by atoms with Crippen LogP contribution in [0.15, 0.2) is 18.2 Å². The van der Waals surface area contributed by atoms with Crippen LogP contribution in [0.25, 0.3) is 0 Å². The van der Waals surface area contributed by atoms with E-state index in [4.69, 9.17) is 28.9 Å². The van der Waals surface area contributed by atoms with Crippen LogP contribution in [-0.2, 0) is 6.42 Å². The zero-order chi connectivity index (χ0) is 11.3. The van der Waals surface area contributed by atoms with Crippen LogP contribution in [0.1, 0.15) is 31.7 Å². The Balaban J connectivity index is 2.60. The summed E-state index contributed by atoms with van der Waals surface area (Å²) >= 11 is 12.0. The van der Waals surface area contributed by atoms with Gasteiger partial charge in [0.1, 0.15) is 0 Å². The highest BCUT2D eigenvalue weighted by Gasteiger charge is 2.08. The smallest absolute Gasteiger partial charge is 0.0624 e. The highest BCUT2D eigenvalue weighted by atomic mass is 35.5. The number of hydrogen-bond donors (Lipinski definition) is 1. The molecule has 0 bridgehead atoms. The van der Waals surface area contributed by atoms with E-state index in [2.05, 4.69) is 6.92 Å². The van der Waals surface area contributed by atoms with Gasteiger partial charge in [0.15, 0.2) is 0 Å². The topological polar surface area (TPSA) is 26.0 Å². The van der Waals surface area contributed by atoms with Crippen LogP contribution in [0.5, 0.6) is 0 Å². The predicted octanol–water partition coefficient (Wildman–Crippen LogP) is 4.05. The van der Waals surface area contributed by atoms with Gasteiger partial charge in [-0.3, -0.25) is 0 Å². The zero-order valence-electron chi connectivity index (χ0n) is 8.97. The number of rotatable bonds is 5. The molecule has 0 aliphatic carbocycles. The van der Waals surface area contributed by atoms with Crippen molar-refractivity contribution in [2.75, 3.05) is 0 Å². The third-order valence-corrected chi connectivity index (χ3v) is 3.30. The molecule has 84 valence electrons. The second-order valence-corrected chi connectivity index (χ2v) is 4.60. The van der Waals surface area contributed by atoms with Crippen molar-refractivity contribution in [2.24, 2.45) is 5.73 Å². The van der Waals surface area contributed by atoms with Crippen LogP contribution in [0.4, 0.5) is 0 Å². The highest BCUT2D eigenvalue weighted by Crippen LogP contribution is 2.26. The molecule has 2 N–H and O–H groups in total. The first kappa shape index (κ1) is 12.8. The van der Waals surface area contributed by atoms with E-state index in [-0.39, 0.29) is 6.04 Å². The molecule has 3 heteroatoms. The monoisotopic (exact) mass is 245 g/mol. The molecule has 0 radical (unpaired) electrons. The first-order valence-corrected chi connectivity index (χ1v) is 6.09. The lowest BCUT2D eigenvalue weighted by atomic mass is 10.0. The minimum atomic E-state index is 0.181. The maximum absolute atomic E-state index is 6.08. The van der Waals surface area contributed by atoms with Crippen molar-refractivity contribution in [3.8, 4) is 0 Å². The highest BCUT2D eigenvalue weighted by molar-refractivity contribution is 6.42. The molecular weight excluding hydrogens is 229 g/mol. The summed E-state index contributed by atoms with van der Waals surface area (Å²) in [5.41, 5.74) is 7.06. The van der Waals surface area contributed by atoms with Gasteiger partial charge >= 0.3 is 0 Å². The first-order chi connectivity index (χ1) is 7.15. The fourth-order valence-corrected chi connectivity index (χ4v) is 1.95. The van der Waals surface area contributed by atoms with Crippen LogP contribution in [0.3, 0.4) is 0 Å². The second-order valence-electron chi connectivity index (χ2n) is 3.82. The van der Waals surface area contributed by atoms with Gasteiger partial charge in [0.2, 0.25) is 0 Å². The molecule has 0 saturated carbocycles. The molecule has 1 aromatic carbocycles. The van der Waals surface area contributed by atoms with Crippen molar-refractivity contribution in [3.05, 3.63) is 33.8 Å². The lowest BCUT2D eigenvalue weighted by Gasteiger charge is -2.12. The van der Waals surface area contributed by atoms with Gasteiger partial charge in [0.05, 0.1) is 10.0 Å². The molecule has 0 heterocycles. The Morgan fingerprint density at radius 1 is 1.33 bits per heavy atom. The second kappa shape index (κ2) is 6.37. The third kappa shape index (κ3) is 4.02. The minimum Gasteiger partial charge on any atom is -0.327 e. The Morgan fingerprint density at radius 2 is 2.07 bits per heavy atom.